The van der Waals surface area contributed by atoms with Gasteiger partial charge in [0, 0.05) is 49.4 Å². The van der Waals surface area contributed by atoms with Crippen molar-refractivity contribution >= 4 is 22.5 Å². The van der Waals surface area contributed by atoms with E-state index >= 15 is 0 Å². The number of fused-ring (bicyclic) bond motifs is 1. The molecule has 0 saturated carbocycles. The molecular formula is C22H21F2N3O2. The van der Waals surface area contributed by atoms with Gasteiger partial charge in [0.25, 0.3) is 5.91 Å². The maximum absolute atomic E-state index is 14.2. The number of aryl methyl sites for hydroxylation is 1. The maximum atomic E-state index is 14.2. The van der Waals surface area contributed by atoms with Gasteiger partial charge >= 0.3 is 0 Å². The Morgan fingerprint density at radius 1 is 1.07 bits per heavy atom. The standard InChI is InChI=1S/C22H21F2N3O2/c1-14-5-3-4-6-19(14)26-7-9-27(10-8-26)22(28)18-13-20(29-2)16-11-15(23)12-17(24)21(16)25-18/h3-6,11-13H,7-10H2,1-2H3. The Kier molecular flexibility index (Phi) is 5.05. The van der Waals surface area contributed by atoms with Crippen molar-refractivity contribution in [2.24, 2.45) is 0 Å². The van der Waals surface area contributed by atoms with E-state index in [1.165, 1.54) is 18.7 Å². The zero-order chi connectivity index (χ0) is 20.5. The number of methoxy groups -OCH3 is 1. The van der Waals surface area contributed by atoms with Gasteiger partial charge in [0.2, 0.25) is 0 Å². The van der Waals surface area contributed by atoms with E-state index in [2.05, 4.69) is 28.9 Å². The van der Waals surface area contributed by atoms with Crippen LogP contribution in [0.4, 0.5) is 14.5 Å². The molecule has 0 radical (unpaired) electrons. The van der Waals surface area contributed by atoms with Crippen molar-refractivity contribution in [1.29, 1.82) is 0 Å². The highest BCUT2D eigenvalue weighted by Gasteiger charge is 2.25. The minimum Gasteiger partial charge on any atom is -0.496 e. The van der Waals surface area contributed by atoms with Gasteiger partial charge in [0.1, 0.15) is 22.8 Å². The topological polar surface area (TPSA) is 45.7 Å². The lowest BCUT2D eigenvalue weighted by Crippen LogP contribution is -2.49. The predicted molar refractivity (Wildman–Crippen MR) is 108 cm³/mol. The molecule has 2 aromatic carbocycles. The lowest BCUT2D eigenvalue weighted by molar-refractivity contribution is 0.0741. The molecule has 0 bridgehead atoms. The number of halogens is 2. The van der Waals surface area contributed by atoms with Crippen molar-refractivity contribution in [1.82, 2.24) is 9.88 Å². The van der Waals surface area contributed by atoms with Crippen LogP contribution in [-0.4, -0.2) is 49.1 Å². The van der Waals surface area contributed by atoms with Crippen LogP contribution in [0, 0.1) is 18.6 Å². The second-order valence-corrected chi connectivity index (χ2v) is 7.06. The Hall–Kier alpha value is -3.22. The number of carbonyl (C=O) groups excluding carboxylic acids is 1. The van der Waals surface area contributed by atoms with Crippen molar-refractivity contribution in [2.45, 2.75) is 6.92 Å². The van der Waals surface area contributed by atoms with Gasteiger partial charge in [-0.2, -0.15) is 0 Å². The number of para-hydroxylation sites is 1. The maximum Gasteiger partial charge on any atom is 0.272 e. The predicted octanol–water partition coefficient (Wildman–Crippen LogP) is 3.79. The van der Waals surface area contributed by atoms with Gasteiger partial charge in [0.15, 0.2) is 5.82 Å². The third-order valence-electron chi connectivity index (χ3n) is 5.26. The number of carbonyl (C=O) groups is 1. The van der Waals surface area contributed by atoms with E-state index in [4.69, 9.17) is 4.74 Å². The van der Waals surface area contributed by atoms with Crippen LogP contribution in [0.15, 0.2) is 42.5 Å². The second-order valence-electron chi connectivity index (χ2n) is 7.06. The van der Waals surface area contributed by atoms with Crippen LogP contribution in [0.25, 0.3) is 10.9 Å². The minimum atomic E-state index is -0.822. The summed E-state index contributed by atoms with van der Waals surface area (Å²) in [5, 5.41) is 0.200. The van der Waals surface area contributed by atoms with Crippen LogP contribution in [-0.2, 0) is 0 Å². The molecule has 0 aliphatic carbocycles. The van der Waals surface area contributed by atoms with E-state index < -0.39 is 11.6 Å². The van der Waals surface area contributed by atoms with Crippen molar-refractivity contribution in [2.75, 3.05) is 38.2 Å². The van der Waals surface area contributed by atoms with Crippen LogP contribution in [0.2, 0.25) is 0 Å². The molecule has 7 heteroatoms. The molecule has 5 nitrogen and oxygen atoms in total. The monoisotopic (exact) mass is 397 g/mol. The fourth-order valence-electron chi connectivity index (χ4n) is 3.73. The van der Waals surface area contributed by atoms with E-state index in [0.717, 1.165) is 17.8 Å². The van der Waals surface area contributed by atoms with Gasteiger partial charge in [-0.1, -0.05) is 18.2 Å². The first-order valence-electron chi connectivity index (χ1n) is 9.41. The summed E-state index contributed by atoms with van der Waals surface area (Å²) in [5.74, 6) is -1.62. The molecule has 150 valence electrons. The van der Waals surface area contributed by atoms with Crippen LogP contribution < -0.4 is 9.64 Å². The number of amides is 1. The quantitative estimate of drug-likeness (QED) is 0.675. The molecule has 1 saturated heterocycles. The molecule has 1 aliphatic rings. The first-order valence-corrected chi connectivity index (χ1v) is 9.41. The molecule has 29 heavy (non-hydrogen) atoms. The molecule has 1 aromatic heterocycles. The highest BCUT2D eigenvalue weighted by Crippen LogP contribution is 2.29. The van der Waals surface area contributed by atoms with Crippen LogP contribution in [0.3, 0.4) is 0 Å². The van der Waals surface area contributed by atoms with E-state index in [1.54, 1.807) is 4.90 Å². The summed E-state index contributed by atoms with van der Waals surface area (Å²) in [7, 11) is 1.40. The average molecular weight is 397 g/mol. The third-order valence-corrected chi connectivity index (χ3v) is 5.26. The van der Waals surface area contributed by atoms with Crippen molar-refractivity contribution in [3.05, 3.63) is 65.4 Å². The Morgan fingerprint density at radius 3 is 2.48 bits per heavy atom. The summed E-state index contributed by atoms with van der Waals surface area (Å²) in [4.78, 5) is 21.1. The highest BCUT2D eigenvalue weighted by atomic mass is 19.1. The lowest BCUT2D eigenvalue weighted by atomic mass is 10.1. The number of anilines is 1. The molecule has 1 amide bonds. The number of hydrogen-bond donors (Lipinski definition) is 0. The molecule has 1 aliphatic heterocycles. The van der Waals surface area contributed by atoms with E-state index in [1.807, 2.05) is 12.1 Å². The first-order chi connectivity index (χ1) is 14.0. The fraction of sp³-hybridized carbons (Fsp3) is 0.273. The van der Waals surface area contributed by atoms with Gasteiger partial charge in [-0.15, -0.1) is 0 Å². The molecular weight excluding hydrogens is 376 g/mol. The Labute approximate surface area is 167 Å². The van der Waals surface area contributed by atoms with Crippen molar-refractivity contribution in [3.63, 3.8) is 0 Å². The summed E-state index contributed by atoms with van der Waals surface area (Å²) >= 11 is 0. The van der Waals surface area contributed by atoms with Gasteiger partial charge in [-0.25, -0.2) is 13.8 Å². The fourth-order valence-corrected chi connectivity index (χ4v) is 3.73. The van der Waals surface area contributed by atoms with Crippen LogP contribution in [0.1, 0.15) is 16.1 Å². The number of nitrogens with zero attached hydrogens (tertiary/aromatic N) is 3. The molecule has 0 N–H and O–H groups in total. The first kappa shape index (κ1) is 19.1. The Morgan fingerprint density at radius 2 is 1.79 bits per heavy atom. The number of hydrogen-bond acceptors (Lipinski definition) is 4. The highest BCUT2D eigenvalue weighted by molar-refractivity contribution is 5.97. The molecule has 0 atom stereocenters. The number of aromatic nitrogens is 1. The molecule has 3 aromatic rings. The molecule has 1 fully saturated rings. The summed E-state index contributed by atoms with van der Waals surface area (Å²) < 4.78 is 33.1. The SMILES string of the molecule is COc1cc(C(=O)N2CCN(c3ccccc3C)CC2)nc2c(F)cc(F)cc12. The summed E-state index contributed by atoms with van der Waals surface area (Å²) in [6.45, 7) is 4.51. The summed E-state index contributed by atoms with van der Waals surface area (Å²) in [5.41, 5.74) is 2.36. The second kappa shape index (κ2) is 7.66. The number of pyridine rings is 1. The van der Waals surface area contributed by atoms with Crippen molar-refractivity contribution < 1.29 is 18.3 Å². The van der Waals surface area contributed by atoms with Crippen molar-refractivity contribution in [3.8, 4) is 5.75 Å². The normalized spacial score (nSPS) is 14.3. The molecule has 0 spiro atoms. The zero-order valence-corrected chi connectivity index (χ0v) is 16.3. The van der Waals surface area contributed by atoms with Crippen LogP contribution >= 0.6 is 0 Å². The third kappa shape index (κ3) is 3.60. The molecule has 4 rings (SSSR count). The Bertz CT molecular complexity index is 1080. The van der Waals surface area contributed by atoms with Gasteiger partial charge in [-0.3, -0.25) is 4.79 Å². The number of benzene rings is 2. The molecule has 0 unspecified atom stereocenters. The number of ether oxygens (including phenoxy) is 1. The molecule has 2 heterocycles. The average Bonchev–Trinajstić information content (AvgIpc) is 2.73. The zero-order valence-electron chi connectivity index (χ0n) is 16.3. The number of piperazine rings is 1. The Balaban J connectivity index is 1.58. The van der Waals surface area contributed by atoms with Gasteiger partial charge in [0.05, 0.1) is 7.11 Å². The van der Waals surface area contributed by atoms with Gasteiger partial charge in [-0.05, 0) is 24.6 Å². The van der Waals surface area contributed by atoms with Crippen LogP contribution in [0.5, 0.6) is 5.75 Å². The largest absolute Gasteiger partial charge is 0.496 e. The lowest BCUT2D eigenvalue weighted by Gasteiger charge is -2.36. The van der Waals surface area contributed by atoms with Gasteiger partial charge < -0.3 is 14.5 Å². The summed E-state index contributed by atoms with van der Waals surface area (Å²) in [6, 6.07) is 11.5. The van der Waals surface area contributed by atoms with E-state index in [0.29, 0.717) is 26.2 Å². The summed E-state index contributed by atoms with van der Waals surface area (Å²) in [6.07, 6.45) is 0. The smallest absolute Gasteiger partial charge is 0.272 e. The van der Waals surface area contributed by atoms with E-state index in [9.17, 15) is 13.6 Å². The minimum absolute atomic E-state index is 0.0763. The number of rotatable bonds is 3. The van der Waals surface area contributed by atoms with E-state index in [-0.39, 0.29) is 28.3 Å².